The van der Waals surface area contributed by atoms with Crippen LogP contribution in [-0.4, -0.2) is 31.5 Å². The molecule has 0 saturated heterocycles. The largest absolute Gasteiger partial charge is 0.493 e. The summed E-state index contributed by atoms with van der Waals surface area (Å²) in [5, 5.41) is 10.1. The normalized spacial score (nSPS) is 11.2. The number of halogens is 3. The van der Waals surface area contributed by atoms with E-state index in [4.69, 9.17) is 14.2 Å². The van der Waals surface area contributed by atoms with Crippen LogP contribution in [0.5, 0.6) is 17.2 Å². The molecule has 0 bridgehead atoms. The first-order valence-corrected chi connectivity index (χ1v) is 8.61. The molecule has 0 spiro atoms. The number of hydrogen-bond donors (Lipinski definition) is 2. The molecule has 2 N–H and O–H groups in total. The molecule has 3 aromatic rings. The van der Waals surface area contributed by atoms with E-state index in [9.17, 15) is 13.2 Å². The van der Waals surface area contributed by atoms with Gasteiger partial charge in [-0.05, 0) is 17.7 Å². The molecular weight excluding hydrogens is 387 g/mol. The van der Waals surface area contributed by atoms with Crippen molar-refractivity contribution in [2.75, 3.05) is 26.6 Å². The average Bonchev–Trinajstić information content (AvgIpc) is 3.19. The molecule has 1 heterocycles. The Bertz CT molecular complexity index is 944. The maximum atomic E-state index is 12.8. The van der Waals surface area contributed by atoms with Crippen LogP contribution in [-0.2, 0) is 12.7 Å². The van der Waals surface area contributed by atoms with Crippen LogP contribution in [0, 0.1) is 0 Å². The van der Waals surface area contributed by atoms with Crippen molar-refractivity contribution in [2.45, 2.75) is 12.7 Å². The van der Waals surface area contributed by atoms with E-state index in [0.717, 1.165) is 23.4 Å². The third-order valence-electron chi connectivity index (χ3n) is 4.37. The highest BCUT2D eigenvalue weighted by Crippen LogP contribution is 2.40. The molecule has 0 unspecified atom stereocenters. The molecule has 0 radical (unpaired) electrons. The van der Waals surface area contributed by atoms with Gasteiger partial charge in [0.25, 0.3) is 0 Å². The molecule has 0 saturated carbocycles. The monoisotopic (exact) mass is 407 g/mol. The van der Waals surface area contributed by atoms with Gasteiger partial charge in [0.1, 0.15) is 0 Å². The maximum Gasteiger partial charge on any atom is 0.416 e. The standard InChI is InChI=1S/C20H20F3N3O3/c1-27-16-8-15(9-17(28-2)19(16)29-3)24-10-13-11-25-26-18(13)12-4-6-14(7-5-12)20(21,22)23/h4-9,11,24H,10H2,1-3H3,(H,25,26). The van der Waals surface area contributed by atoms with E-state index >= 15 is 0 Å². The van der Waals surface area contributed by atoms with Crippen molar-refractivity contribution < 1.29 is 27.4 Å². The molecule has 0 aliphatic rings. The van der Waals surface area contributed by atoms with Gasteiger partial charge in [-0.3, -0.25) is 5.10 Å². The molecule has 6 nitrogen and oxygen atoms in total. The van der Waals surface area contributed by atoms with Gasteiger partial charge in [-0.2, -0.15) is 18.3 Å². The van der Waals surface area contributed by atoms with Crippen LogP contribution in [0.2, 0.25) is 0 Å². The molecule has 3 rings (SSSR count). The van der Waals surface area contributed by atoms with Crippen LogP contribution in [0.4, 0.5) is 18.9 Å². The fourth-order valence-electron chi connectivity index (χ4n) is 2.90. The Morgan fingerprint density at radius 3 is 2.10 bits per heavy atom. The number of rotatable bonds is 7. The fourth-order valence-corrected chi connectivity index (χ4v) is 2.90. The summed E-state index contributed by atoms with van der Waals surface area (Å²) in [4.78, 5) is 0. The van der Waals surface area contributed by atoms with Crippen molar-refractivity contribution in [1.82, 2.24) is 10.2 Å². The first kappa shape index (κ1) is 20.4. The second kappa shape index (κ2) is 8.34. The zero-order chi connectivity index (χ0) is 21.0. The second-order valence-corrected chi connectivity index (χ2v) is 6.11. The number of aromatic nitrogens is 2. The number of hydrogen-bond acceptors (Lipinski definition) is 5. The molecule has 0 aliphatic carbocycles. The Kier molecular flexibility index (Phi) is 5.86. The Hall–Kier alpha value is -3.36. The van der Waals surface area contributed by atoms with Gasteiger partial charge in [0.2, 0.25) is 5.75 Å². The Labute approximate surface area is 165 Å². The lowest BCUT2D eigenvalue weighted by Crippen LogP contribution is -2.04. The Balaban J connectivity index is 1.81. The van der Waals surface area contributed by atoms with Gasteiger partial charge < -0.3 is 19.5 Å². The van der Waals surface area contributed by atoms with Gasteiger partial charge in [-0.25, -0.2) is 0 Å². The maximum absolute atomic E-state index is 12.8. The van der Waals surface area contributed by atoms with Crippen molar-refractivity contribution in [3.8, 4) is 28.5 Å². The van der Waals surface area contributed by atoms with Crippen LogP contribution in [0.1, 0.15) is 11.1 Å². The van der Waals surface area contributed by atoms with E-state index in [1.165, 1.54) is 33.5 Å². The number of alkyl halides is 3. The van der Waals surface area contributed by atoms with Crippen LogP contribution in [0.15, 0.2) is 42.6 Å². The number of H-pyrrole nitrogens is 1. The summed E-state index contributed by atoms with van der Waals surface area (Å²) in [6.07, 6.45) is -2.75. The molecule has 9 heteroatoms. The molecule has 154 valence electrons. The topological polar surface area (TPSA) is 68.4 Å². The minimum absolute atomic E-state index is 0.380. The minimum Gasteiger partial charge on any atom is -0.493 e. The molecule has 0 aliphatic heterocycles. The zero-order valence-electron chi connectivity index (χ0n) is 16.1. The van der Waals surface area contributed by atoms with Gasteiger partial charge >= 0.3 is 6.18 Å². The van der Waals surface area contributed by atoms with Crippen molar-refractivity contribution >= 4 is 5.69 Å². The van der Waals surface area contributed by atoms with Crippen molar-refractivity contribution in [3.05, 3.63) is 53.7 Å². The van der Waals surface area contributed by atoms with E-state index < -0.39 is 11.7 Å². The average molecular weight is 407 g/mol. The highest BCUT2D eigenvalue weighted by atomic mass is 19.4. The molecule has 1 aromatic heterocycles. The van der Waals surface area contributed by atoms with Crippen molar-refractivity contribution in [1.29, 1.82) is 0 Å². The van der Waals surface area contributed by atoms with Crippen molar-refractivity contribution in [3.63, 3.8) is 0 Å². The molecule has 29 heavy (non-hydrogen) atoms. The van der Waals surface area contributed by atoms with E-state index in [1.807, 2.05) is 0 Å². The van der Waals surface area contributed by atoms with E-state index in [-0.39, 0.29) is 0 Å². The minimum atomic E-state index is -4.37. The Morgan fingerprint density at radius 1 is 0.966 bits per heavy atom. The third kappa shape index (κ3) is 4.39. The lowest BCUT2D eigenvalue weighted by Gasteiger charge is -2.15. The van der Waals surface area contributed by atoms with E-state index in [0.29, 0.717) is 35.1 Å². The number of benzene rings is 2. The van der Waals surface area contributed by atoms with Crippen LogP contribution >= 0.6 is 0 Å². The van der Waals surface area contributed by atoms with Crippen LogP contribution in [0.3, 0.4) is 0 Å². The second-order valence-electron chi connectivity index (χ2n) is 6.11. The smallest absolute Gasteiger partial charge is 0.416 e. The predicted molar refractivity (Wildman–Crippen MR) is 102 cm³/mol. The Morgan fingerprint density at radius 2 is 1.59 bits per heavy atom. The molecule has 0 amide bonds. The van der Waals surface area contributed by atoms with Gasteiger partial charge in [0.15, 0.2) is 11.5 Å². The lowest BCUT2D eigenvalue weighted by molar-refractivity contribution is -0.137. The van der Waals surface area contributed by atoms with E-state index in [1.54, 1.807) is 18.3 Å². The van der Waals surface area contributed by atoms with E-state index in [2.05, 4.69) is 15.5 Å². The summed E-state index contributed by atoms with van der Waals surface area (Å²) in [5.74, 6) is 1.49. The summed E-state index contributed by atoms with van der Waals surface area (Å²) in [5.41, 5.74) is 2.06. The molecular formula is C20H20F3N3O3. The lowest BCUT2D eigenvalue weighted by atomic mass is 10.1. The molecule has 0 atom stereocenters. The number of ether oxygens (including phenoxy) is 3. The summed E-state index contributed by atoms with van der Waals surface area (Å²) in [6.45, 7) is 0.380. The summed E-state index contributed by atoms with van der Waals surface area (Å²) >= 11 is 0. The van der Waals surface area contributed by atoms with Gasteiger partial charge in [-0.15, -0.1) is 0 Å². The highest BCUT2D eigenvalue weighted by Gasteiger charge is 2.30. The highest BCUT2D eigenvalue weighted by molar-refractivity contribution is 5.65. The number of nitrogens with one attached hydrogen (secondary N) is 2. The first-order valence-electron chi connectivity index (χ1n) is 8.61. The molecule has 2 aromatic carbocycles. The number of nitrogens with zero attached hydrogens (tertiary/aromatic N) is 1. The quantitative estimate of drug-likeness (QED) is 0.593. The van der Waals surface area contributed by atoms with Gasteiger partial charge in [0.05, 0.1) is 38.8 Å². The number of aromatic amines is 1. The van der Waals surface area contributed by atoms with Gasteiger partial charge in [-0.1, -0.05) is 12.1 Å². The van der Waals surface area contributed by atoms with Crippen LogP contribution < -0.4 is 19.5 Å². The number of methoxy groups -OCH3 is 3. The SMILES string of the molecule is COc1cc(NCc2cn[nH]c2-c2ccc(C(F)(F)F)cc2)cc(OC)c1OC. The van der Waals surface area contributed by atoms with Gasteiger partial charge in [0, 0.05) is 29.9 Å². The molecule has 0 fully saturated rings. The predicted octanol–water partition coefficient (Wildman–Crippen LogP) is 4.73. The first-order chi connectivity index (χ1) is 13.9. The third-order valence-corrected chi connectivity index (χ3v) is 4.37. The zero-order valence-corrected chi connectivity index (χ0v) is 16.1. The van der Waals surface area contributed by atoms with Crippen LogP contribution in [0.25, 0.3) is 11.3 Å². The fraction of sp³-hybridized carbons (Fsp3) is 0.250. The summed E-state index contributed by atoms with van der Waals surface area (Å²) in [6, 6.07) is 8.45. The summed E-state index contributed by atoms with van der Waals surface area (Å²) in [7, 11) is 4.58. The summed E-state index contributed by atoms with van der Waals surface area (Å²) < 4.78 is 54.3. The number of anilines is 1. The van der Waals surface area contributed by atoms with Crippen molar-refractivity contribution in [2.24, 2.45) is 0 Å².